The van der Waals surface area contributed by atoms with Crippen LogP contribution >= 0.6 is 11.8 Å². The number of aliphatic hydroxyl groups is 1. The van der Waals surface area contributed by atoms with E-state index < -0.39 is 6.10 Å². The first kappa shape index (κ1) is 14.2. The van der Waals surface area contributed by atoms with Gasteiger partial charge in [-0.3, -0.25) is 0 Å². The SMILES string of the molecule is Cc1cccc(C)c1CSc1ccc(C(C)O)cc1. The molecule has 2 heteroatoms. The minimum atomic E-state index is -0.391. The zero-order valence-electron chi connectivity index (χ0n) is 11.7. The Labute approximate surface area is 119 Å². The van der Waals surface area contributed by atoms with E-state index in [0.29, 0.717) is 0 Å². The summed E-state index contributed by atoms with van der Waals surface area (Å²) in [5.74, 6) is 0.993. The Kier molecular flexibility index (Phi) is 4.67. The fourth-order valence-electron chi connectivity index (χ4n) is 2.07. The molecule has 0 aliphatic heterocycles. The van der Waals surface area contributed by atoms with Crippen LogP contribution < -0.4 is 0 Å². The quantitative estimate of drug-likeness (QED) is 0.818. The molecule has 0 aliphatic carbocycles. The van der Waals surface area contributed by atoms with Crippen molar-refractivity contribution in [3.8, 4) is 0 Å². The van der Waals surface area contributed by atoms with Crippen LogP contribution in [0.5, 0.6) is 0 Å². The van der Waals surface area contributed by atoms with Gasteiger partial charge in [-0.1, -0.05) is 30.3 Å². The second kappa shape index (κ2) is 6.27. The van der Waals surface area contributed by atoms with Crippen molar-refractivity contribution < 1.29 is 5.11 Å². The number of aliphatic hydroxyl groups excluding tert-OH is 1. The van der Waals surface area contributed by atoms with Crippen LogP contribution in [0.4, 0.5) is 0 Å². The summed E-state index contributed by atoms with van der Waals surface area (Å²) in [6.07, 6.45) is -0.391. The third-order valence-corrected chi connectivity index (χ3v) is 4.43. The zero-order chi connectivity index (χ0) is 13.8. The molecule has 0 aromatic heterocycles. The Hall–Kier alpha value is -1.25. The van der Waals surface area contributed by atoms with Crippen LogP contribution in [0.25, 0.3) is 0 Å². The molecule has 1 N–H and O–H groups in total. The maximum Gasteiger partial charge on any atom is 0.0761 e. The van der Waals surface area contributed by atoms with E-state index in [2.05, 4.69) is 44.2 Å². The number of hydrogen-bond donors (Lipinski definition) is 1. The van der Waals surface area contributed by atoms with Gasteiger partial charge in [-0.25, -0.2) is 0 Å². The highest BCUT2D eigenvalue weighted by Gasteiger charge is 2.04. The molecule has 0 bridgehead atoms. The molecule has 0 spiro atoms. The summed E-state index contributed by atoms with van der Waals surface area (Å²) >= 11 is 1.84. The largest absolute Gasteiger partial charge is 0.389 e. The first-order valence-electron chi connectivity index (χ1n) is 6.54. The Bertz CT molecular complexity index is 523. The predicted molar refractivity (Wildman–Crippen MR) is 82.6 cm³/mol. The summed E-state index contributed by atoms with van der Waals surface area (Å²) in [5, 5.41) is 9.49. The molecule has 0 saturated carbocycles. The summed E-state index contributed by atoms with van der Waals surface area (Å²) < 4.78 is 0. The number of hydrogen-bond acceptors (Lipinski definition) is 2. The van der Waals surface area contributed by atoms with Gasteiger partial charge in [-0.2, -0.15) is 0 Å². The Morgan fingerprint density at radius 2 is 1.58 bits per heavy atom. The minimum Gasteiger partial charge on any atom is -0.389 e. The third kappa shape index (κ3) is 3.62. The number of rotatable bonds is 4. The highest BCUT2D eigenvalue weighted by Crippen LogP contribution is 2.27. The number of aryl methyl sites for hydroxylation is 2. The van der Waals surface area contributed by atoms with Crippen LogP contribution in [0.3, 0.4) is 0 Å². The Morgan fingerprint density at radius 3 is 2.11 bits per heavy atom. The topological polar surface area (TPSA) is 20.2 Å². The lowest BCUT2D eigenvalue weighted by Crippen LogP contribution is -1.92. The standard InChI is InChI=1S/C17H20OS/c1-12-5-4-6-13(2)17(12)11-19-16-9-7-15(8-10-16)14(3)18/h4-10,14,18H,11H2,1-3H3. The lowest BCUT2D eigenvalue weighted by molar-refractivity contribution is 0.199. The normalized spacial score (nSPS) is 12.4. The molecule has 1 nitrogen and oxygen atoms in total. The molecule has 0 radical (unpaired) electrons. The number of thioether (sulfide) groups is 1. The van der Waals surface area contributed by atoms with E-state index in [4.69, 9.17) is 0 Å². The van der Waals surface area contributed by atoms with Crippen molar-refractivity contribution in [1.82, 2.24) is 0 Å². The van der Waals surface area contributed by atoms with E-state index >= 15 is 0 Å². The molecule has 0 amide bonds. The van der Waals surface area contributed by atoms with E-state index in [9.17, 15) is 5.11 Å². The van der Waals surface area contributed by atoms with Crippen molar-refractivity contribution in [2.45, 2.75) is 37.5 Å². The molecule has 2 rings (SSSR count). The summed E-state index contributed by atoms with van der Waals surface area (Å²) in [6, 6.07) is 14.6. The van der Waals surface area contributed by atoms with Crippen molar-refractivity contribution in [1.29, 1.82) is 0 Å². The van der Waals surface area contributed by atoms with Crippen LogP contribution in [0.2, 0.25) is 0 Å². The Balaban J connectivity index is 2.06. The molecule has 0 saturated heterocycles. The van der Waals surface area contributed by atoms with Gasteiger partial charge >= 0.3 is 0 Å². The second-order valence-corrected chi connectivity index (χ2v) is 5.95. The highest BCUT2D eigenvalue weighted by atomic mass is 32.2. The average molecular weight is 272 g/mol. The predicted octanol–water partition coefficient (Wildman–Crippen LogP) is 4.65. The summed E-state index contributed by atoms with van der Waals surface area (Å²) in [7, 11) is 0. The van der Waals surface area contributed by atoms with Gasteiger partial charge in [0.1, 0.15) is 0 Å². The van der Waals surface area contributed by atoms with Crippen molar-refractivity contribution >= 4 is 11.8 Å². The van der Waals surface area contributed by atoms with Crippen LogP contribution in [-0.2, 0) is 5.75 Å². The first-order chi connectivity index (χ1) is 9.08. The van der Waals surface area contributed by atoms with Gasteiger partial charge in [0.15, 0.2) is 0 Å². The van der Waals surface area contributed by atoms with Crippen LogP contribution in [0.1, 0.15) is 35.3 Å². The second-order valence-electron chi connectivity index (χ2n) is 4.90. The average Bonchev–Trinajstić information content (AvgIpc) is 2.38. The van der Waals surface area contributed by atoms with Gasteiger partial charge in [0.2, 0.25) is 0 Å². The monoisotopic (exact) mass is 272 g/mol. The minimum absolute atomic E-state index is 0.391. The zero-order valence-corrected chi connectivity index (χ0v) is 12.5. The molecule has 2 aromatic carbocycles. The van der Waals surface area contributed by atoms with Crippen molar-refractivity contribution in [2.75, 3.05) is 0 Å². The molecule has 1 unspecified atom stereocenters. The van der Waals surface area contributed by atoms with E-state index in [1.54, 1.807) is 6.92 Å². The molecule has 2 aromatic rings. The van der Waals surface area contributed by atoms with Crippen LogP contribution in [0.15, 0.2) is 47.4 Å². The van der Waals surface area contributed by atoms with Crippen molar-refractivity contribution in [3.63, 3.8) is 0 Å². The van der Waals surface area contributed by atoms with Gasteiger partial charge in [0.25, 0.3) is 0 Å². The summed E-state index contributed by atoms with van der Waals surface area (Å²) in [4.78, 5) is 1.24. The lowest BCUT2D eigenvalue weighted by atomic mass is 10.1. The van der Waals surface area contributed by atoms with E-state index in [1.165, 1.54) is 21.6 Å². The molecule has 19 heavy (non-hydrogen) atoms. The molecule has 1 atom stereocenters. The van der Waals surface area contributed by atoms with Crippen molar-refractivity contribution in [2.24, 2.45) is 0 Å². The molecule has 100 valence electrons. The third-order valence-electron chi connectivity index (χ3n) is 3.39. The van der Waals surface area contributed by atoms with E-state index in [-0.39, 0.29) is 0 Å². The van der Waals surface area contributed by atoms with Gasteiger partial charge in [-0.05, 0) is 55.2 Å². The highest BCUT2D eigenvalue weighted by molar-refractivity contribution is 7.98. The summed E-state index contributed by atoms with van der Waals surface area (Å²) in [6.45, 7) is 6.12. The molecular formula is C17H20OS. The van der Waals surface area contributed by atoms with Crippen LogP contribution in [-0.4, -0.2) is 5.11 Å². The molecule has 0 heterocycles. The summed E-state index contributed by atoms with van der Waals surface area (Å²) in [5.41, 5.74) is 5.10. The molecule has 0 aliphatic rings. The van der Waals surface area contributed by atoms with Crippen molar-refractivity contribution in [3.05, 3.63) is 64.7 Å². The number of benzene rings is 2. The Morgan fingerprint density at radius 1 is 1.00 bits per heavy atom. The van der Waals surface area contributed by atoms with Gasteiger partial charge in [0, 0.05) is 10.6 Å². The maximum absolute atomic E-state index is 9.49. The van der Waals surface area contributed by atoms with Crippen LogP contribution in [0, 0.1) is 13.8 Å². The van der Waals surface area contributed by atoms with Gasteiger partial charge < -0.3 is 5.11 Å². The fourth-order valence-corrected chi connectivity index (χ4v) is 3.17. The van der Waals surface area contributed by atoms with Gasteiger partial charge in [-0.15, -0.1) is 11.8 Å². The molecule has 0 fully saturated rings. The van der Waals surface area contributed by atoms with E-state index in [1.807, 2.05) is 23.9 Å². The smallest absolute Gasteiger partial charge is 0.0761 e. The first-order valence-corrected chi connectivity index (χ1v) is 7.52. The van der Waals surface area contributed by atoms with Gasteiger partial charge in [0.05, 0.1) is 6.10 Å². The fraction of sp³-hybridized carbons (Fsp3) is 0.294. The molecular weight excluding hydrogens is 252 g/mol. The maximum atomic E-state index is 9.49. The van der Waals surface area contributed by atoms with E-state index in [0.717, 1.165) is 11.3 Å². The lowest BCUT2D eigenvalue weighted by Gasteiger charge is -2.10.